The van der Waals surface area contributed by atoms with Crippen molar-refractivity contribution in [3.05, 3.63) is 31.2 Å². The summed E-state index contributed by atoms with van der Waals surface area (Å²) < 4.78 is 0. The Bertz CT molecular complexity index is 124. The molecule has 0 saturated carbocycles. The molecule has 0 aromatic carbocycles. The molecule has 0 bridgehead atoms. The molecular weight excluding hydrogens is 168 g/mol. The van der Waals surface area contributed by atoms with Gasteiger partial charge in [0.05, 0.1) is 0 Å². The van der Waals surface area contributed by atoms with Crippen LogP contribution in [0.4, 0.5) is 0 Å². The van der Waals surface area contributed by atoms with E-state index in [-0.39, 0.29) is 0 Å². The zero-order chi connectivity index (χ0) is 10.5. The van der Waals surface area contributed by atoms with E-state index in [0.29, 0.717) is 0 Å². The molecule has 0 spiro atoms. The predicted molar refractivity (Wildman–Crippen MR) is 66.2 cm³/mol. The molecule has 0 aromatic heterocycles. The van der Waals surface area contributed by atoms with E-state index in [1.807, 2.05) is 0 Å². The van der Waals surface area contributed by atoms with Crippen molar-refractivity contribution in [2.45, 2.75) is 58.3 Å². The molecule has 0 amide bonds. The SMILES string of the molecule is [CH2]CC=CCCCCCCC=CCC. The molecule has 0 N–H and O–H groups in total. The Balaban J connectivity index is 2.99. The first-order valence-corrected chi connectivity index (χ1v) is 6.01. The van der Waals surface area contributed by atoms with E-state index >= 15 is 0 Å². The van der Waals surface area contributed by atoms with Crippen LogP contribution in [0.2, 0.25) is 0 Å². The third kappa shape index (κ3) is 11.5. The summed E-state index contributed by atoms with van der Waals surface area (Å²) in [4.78, 5) is 0. The zero-order valence-corrected chi connectivity index (χ0v) is 9.67. The van der Waals surface area contributed by atoms with Crippen LogP contribution in [-0.4, -0.2) is 0 Å². The summed E-state index contributed by atoms with van der Waals surface area (Å²) in [5, 5.41) is 0. The van der Waals surface area contributed by atoms with E-state index in [0.717, 1.165) is 6.42 Å². The molecule has 0 heteroatoms. The standard InChI is InChI=1S/C14H25/c1-3-5-7-9-11-13-14-12-10-8-6-4-2/h5-8H,1,3-4,9-14H2,2H3. The fourth-order valence-electron chi connectivity index (χ4n) is 1.40. The Morgan fingerprint density at radius 2 is 1.36 bits per heavy atom. The summed E-state index contributed by atoms with van der Waals surface area (Å²) >= 11 is 0. The summed E-state index contributed by atoms with van der Waals surface area (Å²) in [6.07, 6.45) is 19.0. The molecule has 0 saturated heterocycles. The molecule has 0 nitrogen and oxygen atoms in total. The molecule has 0 unspecified atom stereocenters. The highest BCUT2D eigenvalue weighted by Crippen LogP contribution is 2.06. The lowest BCUT2D eigenvalue weighted by Crippen LogP contribution is -1.76. The van der Waals surface area contributed by atoms with Gasteiger partial charge in [0, 0.05) is 0 Å². The van der Waals surface area contributed by atoms with Crippen molar-refractivity contribution in [1.29, 1.82) is 0 Å². The zero-order valence-electron chi connectivity index (χ0n) is 9.67. The topological polar surface area (TPSA) is 0 Å². The summed E-state index contributed by atoms with van der Waals surface area (Å²) in [7, 11) is 0. The number of unbranched alkanes of at least 4 members (excludes halogenated alkanes) is 5. The van der Waals surface area contributed by atoms with E-state index in [4.69, 9.17) is 0 Å². The van der Waals surface area contributed by atoms with Gasteiger partial charge in [0.15, 0.2) is 0 Å². The highest BCUT2D eigenvalue weighted by atomic mass is 13.9. The van der Waals surface area contributed by atoms with Crippen LogP contribution >= 0.6 is 0 Å². The van der Waals surface area contributed by atoms with Gasteiger partial charge in [-0.2, -0.15) is 0 Å². The second-order valence-corrected chi connectivity index (χ2v) is 3.63. The van der Waals surface area contributed by atoms with Crippen molar-refractivity contribution in [3.8, 4) is 0 Å². The monoisotopic (exact) mass is 193 g/mol. The number of allylic oxidation sites excluding steroid dienone is 4. The molecule has 0 fully saturated rings. The smallest absolute Gasteiger partial charge is 0.0351 e. The van der Waals surface area contributed by atoms with Crippen molar-refractivity contribution >= 4 is 0 Å². The maximum absolute atomic E-state index is 3.77. The van der Waals surface area contributed by atoms with Crippen molar-refractivity contribution < 1.29 is 0 Å². The summed E-state index contributed by atoms with van der Waals surface area (Å²) in [5.74, 6) is 0. The summed E-state index contributed by atoms with van der Waals surface area (Å²) in [6, 6.07) is 0. The van der Waals surface area contributed by atoms with Crippen LogP contribution < -0.4 is 0 Å². The molecule has 0 atom stereocenters. The summed E-state index contributed by atoms with van der Waals surface area (Å²) in [5.41, 5.74) is 0. The second kappa shape index (κ2) is 12.5. The van der Waals surface area contributed by atoms with Gasteiger partial charge in [0.1, 0.15) is 0 Å². The van der Waals surface area contributed by atoms with Gasteiger partial charge in [-0.05, 0) is 45.4 Å². The Labute approximate surface area is 90.1 Å². The normalized spacial score (nSPS) is 11.9. The largest absolute Gasteiger partial charge is 0.0888 e. The van der Waals surface area contributed by atoms with E-state index in [9.17, 15) is 0 Å². The van der Waals surface area contributed by atoms with Gasteiger partial charge >= 0.3 is 0 Å². The van der Waals surface area contributed by atoms with Crippen LogP contribution in [0.15, 0.2) is 24.3 Å². The van der Waals surface area contributed by atoms with Crippen molar-refractivity contribution in [1.82, 2.24) is 0 Å². The van der Waals surface area contributed by atoms with E-state index in [1.165, 1.54) is 44.9 Å². The van der Waals surface area contributed by atoms with Crippen molar-refractivity contribution in [3.63, 3.8) is 0 Å². The number of rotatable bonds is 9. The highest BCUT2D eigenvalue weighted by Gasteiger charge is 1.86. The van der Waals surface area contributed by atoms with E-state index in [1.54, 1.807) is 0 Å². The Hall–Kier alpha value is -0.520. The van der Waals surface area contributed by atoms with E-state index in [2.05, 4.69) is 38.2 Å². The highest BCUT2D eigenvalue weighted by molar-refractivity contribution is 4.82. The maximum Gasteiger partial charge on any atom is -0.0351 e. The third-order valence-electron chi connectivity index (χ3n) is 2.23. The van der Waals surface area contributed by atoms with Gasteiger partial charge in [0.25, 0.3) is 0 Å². The summed E-state index contributed by atoms with van der Waals surface area (Å²) in [6.45, 7) is 5.95. The van der Waals surface area contributed by atoms with Gasteiger partial charge in [-0.1, -0.05) is 44.1 Å². The predicted octanol–water partition coefficient (Wildman–Crippen LogP) is 5.07. The molecule has 0 aromatic rings. The first-order chi connectivity index (χ1) is 6.91. The molecule has 0 rings (SSSR count). The molecule has 14 heavy (non-hydrogen) atoms. The van der Waals surface area contributed by atoms with Gasteiger partial charge in [-0.15, -0.1) is 0 Å². The second-order valence-electron chi connectivity index (χ2n) is 3.63. The molecule has 0 aliphatic heterocycles. The molecule has 0 heterocycles. The molecule has 1 radical (unpaired) electrons. The van der Waals surface area contributed by atoms with Crippen LogP contribution in [0.25, 0.3) is 0 Å². The van der Waals surface area contributed by atoms with Crippen molar-refractivity contribution in [2.24, 2.45) is 0 Å². The molecule has 0 aliphatic rings. The fourth-order valence-corrected chi connectivity index (χ4v) is 1.40. The van der Waals surface area contributed by atoms with Crippen LogP contribution in [0.1, 0.15) is 58.3 Å². The van der Waals surface area contributed by atoms with E-state index < -0.39 is 0 Å². The van der Waals surface area contributed by atoms with Gasteiger partial charge < -0.3 is 0 Å². The lowest BCUT2D eigenvalue weighted by atomic mass is 10.1. The minimum absolute atomic E-state index is 0.932. The number of hydrogen-bond acceptors (Lipinski definition) is 0. The minimum atomic E-state index is 0.932. The minimum Gasteiger partial charge on any atom is -0.0888 e. The van der Waals surface area contributed by atoms with Crippen molar-refractivity contribution in [2.75, 3.05) is 0 Å². The Kier molecular flexibility index (Phi) is 12.0. The average molecular weight is 193 g/mol. The van der Waals surface area contributed by atoms with Crippen LogP contribution in [-0.2, 0) is 0 Å². The van der Waals surface area contributed by atoms with Gasteiger partial charge in [-0.3, -0.25) is 0 Å². The lowest BCUT2D eigenvalue weighted by Gasteiger charge is -1.96. The first-order valence-electron chi connectivity index (χ1n) is 6.01. The maximum atomic E-state index is 3.77. The van der Waals surface area contributed by atoms with Gasteiger partial charge in [-0.25, -0.2) is 0 Å². The molecular formula is C14H25. The fraction of sp³-hybridized carbons (Fsp3) is 0.643. The average Bonchev–Trinajstić information content (AvgIpc) is 2.21. The Morgan fingerprint density at radius 1 is 0.786 bits per heavy atom. The first kappa shape index (κ1) is 13.5. The quantitative estimate of drug-likeness (QED) is 0.354. The van der Waals surface area contributed by atoms with Crippen LogP contribution in [0, 0.1) is 6.92 Å². The van der Waals surface area contributed by atoms with Crippen LogP contribution in [0.5, 0.6) is 0 Å². The molecule has 0 aliphatic carbocycles. The lowest BCUT2D eigenvalue weighted by molar-refractivity contribution is 0.651. The van der Waals surface area contributed by atoms with Gasteiger partial charge in [0.2, 0.25) is 0 Å². The Morgan fingerprint density at radius 3 is 1.86 bits per heavy atom. The van der Waals surface area contributed by atoms with Crippen LogP contribution in [0.3, 0.4) is 0 Å². The number of hydrogen-bond donors (Lipinski definition) is 0. The molecule has 81 valence electrons. The third-order valence-corrected chi connectivity index (χ3v) is 2.23.